The van der Waals surface area contributed by atoms with Gasteiger partial charge in [-0.1, -0.05) is 22.4 Å². The molecule has 1 atom stereocenters. The predicted octanol–water partition coefficient (Wildman–Crippen LogP) is 3.62. The van der Waals surface area contributed by atoms with Crippen molar-refractivity contribution in [3.8, 4) is 5.75 Å². The molecule has 1 aromatic rings. The van der Waals surface area contributed by atoms with Crippen molar-refractivity contribution in [1.29, 1.82) is 0 Å². The van der Waals surface area contributed by atoms with Gasteiger partial charge in [0.1, 0.15) is 5.75 Å². The fourth-order valence-corrected chi connectivity index (χ4v) is 2.80. The van der Waals surface area contributed by atoms with E-state index in [-0.39, 0.29) is 5.92 Å². The van der Waals surface area contributed by atoms with Crippen LogP contribution in [0.5, 0.6) is 5.75 Å². The van der Waals surface area contributed by atoms with Crippen molar-refractivity contribution in [3.05, 3.63) is 29.3 Å². The summed E-state index contributed by atoms with van der Waals surface area (Å²) in [5, 5.41) is 1.02. The molecule has 0 amide bonds. The Labute approximate surface area is 110 Å². The molecule has 0 saturated carbocycles. The average Bonchev–Trinajstić information content (AvgIpc) is 2.66. The third-order valence-electron chi connectivity index (χ3n) is 3.35. The molecule has 0 aliphatic heterocycles. The summed E-state index contributed by atoms with van der Waals surface area (Å²) < 4.78 is 5.19. The summed E-state index contributed by atoms with van der Waals surface area (Å²) in [7, 11) is 1.66. The molecule has 17 heavy (non-hydrogen) atoms. The normalized spacial score (nSPS) is 18.2. The summed E-state index contributed by atoms with van der Waals surface area (Å²) in [4.78, 5) is 12.1. The largest absolute Gasteiger partial charge is 0.497 e. The van der Waals surface area contributed by atoms with E-state index in [1.165, 1.54) is 0 Å². The quantitative estimate of drug-likeness (QED) is 0.613. The summed E-state index contributed by atoms with van der Waals surface area (Å²) in [5.74, 6) is 1.35. The number of fused-ring (bicyclic) bond motifs is 1. The van der Waals surface area contributed by atoms with Gasteiger partial charge in [-0.2, -0.15) is 0 Å². The summed E-state index contributed by atoms with van der Waals surface area (Å²) in [6, 6.07) is 5.77. The summed E-state index contributed by atoms with van der Waals surface area (Å²) in [6.45, 7) is 0. The molecule has 0 heterocycles. The Morgan fingerprint density at radius 2 is 2.24 bits per heavy atom. The number of carbonyl (C=O) groups is 1. The Hall–Kier alpha value is -0.830. The van der Waals surface area contributed by atoms with Crippen LogP contribution < -0.4 is 4.74 Å². The number of benzene rings is 1. The topological polar surface area (TPSA) is 26.3 Å². The van der Waals surface area contributed by atoms with Gasteiger partial charge >= 0.3 is 0 Å². The lowest BCUT2D eigenvalue weighted by molar-refractivity contribution is 0.0929. The van der Waals surface area contributed by atoms with Gasteiger partial charge in [0, 0.05) is 16.8 Å². The second kappa shape index (κ2) is 5.67. The maximum Gasteiger partial charge on any atom is 0.166 e. The first-order valence-electron chi connectivity index (χ1n) is 6.03. The number of ketones is 1. The number of hydrogen-bond acceptors (Lipinski definition) is 2. The lowest BCUT2D eigenvalue weighted by Crippen LogP contribution is -2.08. The third kappa shape index (κ3) is 2.71. The number of Topliss-reactive ketones (excluding diaryl/α,β-unsaturated/α-hetero) is 1. The van der Waals surface area contributed by atoms with Crippen molar-refractivity contribution in [2.75, 3.05) is 12.4 Å². The maximum absolute atomic E-state index is 12.1. The first kappa shape index (κ1) is 12.6. The van der Waals surface area contributed by atoms with Crippen LogP contribution in [0.2, 0.25) is 0 Å². The first-order valence-corrected chi connectivity index (χ1v) is 7.15. The Morgan fingerprint density at radius 3 is 2.94 bits per heavy atom. The molecule has 2 nitrogen and oxygen atoms in total. The van der Waals surface area contributed by atoms with E-state index in [1.807, 2.05) is 18.2 Å². The van der Waals surface area contributed by atoms with Gasteiger partial charge in [0.2, 0.25) is 0 Å². The zero-order valence-electron chi connectivity index (χ0n) is 10.0. The minimum atomic E-state index is 0.191. The Bertz CT molecular complexity index is 415. The molecule has 92 valence electrons. The van der Waals surface area contributed by atoms with Gasteiger partial charge < -0.3 is 4.74 Å². The Kier molecular flexibility index (Phi) is 4.21. The van der Waals surface area contributed by atoms with E-state index in [4.69, 9.17) is 4.74 Å². The van der Waals surface area contributed by atoms with Crippen molar-refractivity contribution in [2.45, 2.75) is 25.7 Å². The van der Waals surface area contributed by atoms with Gasteiger partial charge in [-0.05, 0) is 43.0 Å². The van der Waals surface area contributed by atoms with Crippen LogP contribution in [-0.4, -0.2) is 18.2 Å². The molecule has 0 saturated heterocycles. The van der Waals surface area contributed by atoms with Crippen molar-refractivity contribution >= 4 is 21.7 Å². The molecule has 0 fully saturated rings. The fraction of sp³-hybridized carbons (Fsp3) is 0.500. The second-order valence-corrected chi connectivity index (χ2v) is 5.27. The molecule has 1 aliphatic rings. The summed E-state index contributed by atoms with van der Waals surface area (Å²) in [5.41, 5.74) is 2.05. The molecular weight excluding hydrogens is 280 g/mol. The Balaban J connectivity index is 2.06. The van der Waals surface area contributed by atoms with E-state index in [0.717, 1.165) is 47.9 Å². The second-order valence-electron chi connectivity index (χ2n) is 4.47. The number of ether oxygens (including phenoxy) is 1. The van der Waals surface area contributed by atoms with E-state index < -0.39 is 0 Å². The van der Waals surface area contributed by atoms with Crippen molar-refractivity contribution < 1.29 is 9.53 Å². The van der Waals surface area contributed by atoms with E-state index >= 15 is 0 Å². The van der Waals surface area contributed by atoms with Gasteiger partial charge in [-0.15, -0.1) is 0 Å². The molecule has 0 spiro atoms. The van der Waals surface area contributed by atoms with Crippen LogP contribution in [0.15, 0.2) is 18.2 Å². The van der Waals surface area contributed by atoms with Crippen LogP contribution in [-0.2, 0) is 6.42 Å². The predicted molar refractivity (Wildman–Crippen MR) is 72.2 cm³/mol. The van der Waals surface area contributed by atoms with Crippen molar-refractivity contribution in [3.63, 3.8) is 0 Å². The van der Waals surface area contributed by atoms with Gasteiger partial charge in [0.15, 0.2) is 5.78 Å². The molecule has 0 radical (unpaired) electrons. The molecule has 0 bridgehead atoms. The van der Waals surface area contributed by atoms with Crippen LogP contribution in [0.25, 0.3) is 0 Å². The number of methoxy groups -OCH3 is 1. The van der Waals surface area contributed by atoms with Gasteiger partial charge in [-0.3, -0.25) is 4.79 Å². The molecule has 2 rings (SSSR count). The number of halogens is 1. The molecule has 1 aromatic carbocycles. The Morgan fingerprint density at radius 1 is 1.41 bits per heavy atom. The van der Waals surface area contributed by atoms with Crippen LogP contribution >= 0.6 is 15.9 Å². The first-order chi connectivity index (χ1) is 8.26. The smallest absolute Gasteiger partial charge is 0.166 e. The molecule has 3 heteroatoms. The van der Waals surface area contributed by atoms with Crippen LogP contribution in [0.4, 0.5) is 0 Å². The molecule has 0 aromatic heterocycles. The minimum absolute atomic E-state index is 0.191. The monoisotopic (exact) mass is 296 g/mol. The van der Waals surface area contributed by atoms with Gasteiger partial charge in [0.05, 0.1) is 7.11 Å². The summed E-state index contributed by atoms with van der Waals surface area (Å²) >= 11 is 3.42. The maximum atomic E-state index is 12.1. The highest BCUT2D eigenvalue weighted by Gasteiger charge is 2.29. The highest BCUT2D eigenvalue weighted by Crippen LogP contribution is 2.32. The fourth-order valence-electron chi connectivity index (χ4n) is 2.40. The lowest BCUT2D eigenvalue weighted by atomic mass is 9.98. The SMILES string of the molecule is COc1ccc2c(c1)CC(CCCCBr)C2=O. The molecule has 0 N–H and O–H groups in total. The van der Waals surface area contributed by atoms with Crippen LogP contribution in [0, 0.1) is 5.92 Å². The number of alkyl halides is 1. The van der Waals surface area contributed by atoms with Crippen LogP contribution in [0.3, 0.4) is 0 Å². The number of carbonyl (C=O) groups excluding carboxylic acids is 1. The number of hydrogen-bond donors (Lipinski definition) is 0. The molecule has 1 aliphatic carbocycles. The lowest BCUT2D eigenvalue weighted by Gasteiger charge is -2.05. The molecular formula is C14H17BrO2. The van der Waals surface area contributed by atoms with Crippen molar-refractivity contribution in [2.24, 2.45) is 5.92 Å². The third-order valence-corrected chi connectivity index (χ3v) is 3.91. The van der Waals surface area contributed by atoms with E-state index in [1.54, 1.807) is 7.11 Å². The van der Waals surface area contributed by atoms with Crippen LogP contribution in [0.1, 0.15) is 35.2 Å². The number of rotatable bonds is 5. The van der Waals surface area contributed by atoms with Crippen molar-refractivity contribution in [1.82, 2.24) is 0 Å². The number of unbranched alkanes of at least 4 members (excludes halogenated alkanes) is 1. The van der Waals surface area contributed by atoms with E-state index in [0.29, 0.717) is 5.78 Å². The zero-order chi connectivity index (χ0) is 12.3. The van der Waals surface area contributed by atoms with Gasteiger partial charge in [0.25, 0.3) is 0 Å². The zero-order valence-corrected chi connectivity index (χ0v) is 11.6. The highest BCUT2D eigenvalue weighted by atomic mass is 79.9. The standard InChI is InChI=1S/C14H17BrO2/c1-17-12-5-6-13-11(9-12)8-10(14(13)16)4-2-3-7-15/h5-6,9-10H,2-4,7-8H2,1H3. The van der Waals surface area contributed by atoms with E-state index in [9.17, 15) is 4.79 Å². The van der Waals surface area contributed by atoms with Gasteiger partial charge in [-0.25, -0.2) is 0 Å². The molecule has 1 unspecified atom stereocenters. The summed E-state index contributed by atoms with van der Waals surface area (Å²) in [6.07, 6.45) is 4.14. The van der Waals surface area contributed by atoms with E-state index in [2.05, 4.69) is 15.9 Å². The highest BCUT2D eigenvalue weighted by molar-refractivity contribution is 9.09. The average molecular weight is 297 g/mol. The minimum Gasteiger partial charge on any atom is -0.497 e.